The molecule has 0 aliphatic carbocycles. The van der Waals surface area contributed by atoms with Crippen molar-refractivity contribution in [3.05, 3.63) is 68.9 Å². The van der Waals surface area contributed by atoms with Gasteiger partial charge in [-0.15, -0.1) is 0 Å². The first-order valence-electron chi connectivity index (χ1n) is 10.0. The summed E-state index contributed by atoms with van der Waals surface area (Å²) >= 11 is 1.70. The Bertz CT molecular complexity index is 875. The second kappa shape index (κ2) is 11.8. The van der Waals surface area contributed by atoms with Crippen molar-refractivity contribution in [2.75, 3.05) is 47.5 Å². The summed E-state index contributed by atoms with van der Waals surface area (Å²) in [6, 6.07) is 7.58. The van der Waals surface area contributed by atoms with Crippen LogP contribution in [0.5, 0.6) is 0 Å². The molecule has 0 radical (unpaired) electrons. The van der Waals surface area contributed by atoms with E-state index in [0.29, 0.717) is 18.8 Å². The van der Waals surface area contributed by atoms with Gasteiger partial charge in [0.1, 0.15) is 29.5 Å². The Hall–Kier alpha value is -2.43. The summed E-state index contributed by atoms with van der Waals surface area (Å²) in [5, 5.41) is 11.6. The monoisotopic (exact) mass is 451 g/mol. The molecule has 9 nitrogen and oxygen atoms in total. The van der Waals surface area contributed by atoms with Crippen LogP contribution in [0.25, 0.3) is 0 Å². The van der Waals surface area contributed by atoms with E-state index in [1.807, 2.05) is 51.3 Å². The quantitative estimate of drug-likeness (QED) is 0.279. The fourth-order valence-corrected chi connectivity index (χ4v) is 3.84. The summed E-state index contributed by atoms with van der Waals surface area (Å²) in [6.07, 6.45) is 0.0464. The number of nitro groups is 1. The SMILES string of the molecule is CN(C)Cc1ccc(CSCCN(C)/C(N)=C(/Cc2ccc(CN(C)C)o2)[N+](=O)[O-])o1. The van der Waals surface area contributed by atoms with E-state index in [1.165, 1.54) is 0 Å². The summed E-state index contributed by atoms with van der Waals surface area (Å²) in [6.45, 7) is 1.99. The molecule has 31 heavy (non-hydrogen) atoms. The highest BCUT2D eigenvalue weighted by atomic mass is 32.2. The van der Waals surface area contributed by atoms with E-state index < -0.39 is 4.92 Å². The molecule has 2 aromatic heterocycles. The summed E-state index contributed by atoms with van der Waals surface area (Å²) in [5.41, 5.74) is 6.06. The van der Waals surface area contributed by atoms with Gasteiger partial charge in [-0.3, -0.25) is 10.1 Å². The van der Waals surface area contributed by atoms with E-state index in [1.54, 1.807) is 29.8 Å². The van der Waals surface area contributed by atoms with Gasteiger partial charge in [-0.1, -0.05) is 0 Å². The van der Waals surface area contributed by atoms with Crippen molar-refractivity contribution < 1.29 is 13.8 Å². The Morgan fingerprint density at radius 3 is 2.03 bits per heavy atom. The van der Waals surface area contributed by atoms with Crippen molar-refractivity contribution in [3.63, 3.8) is 0 Å². The van der Waals surface area contributed by atoms with Crippen molar-refractivity contribution in [1.29, 1.82) is 0 Å². The predicted molar refractivity (Wildman–Crippen MR) is 123 cm³/mol. The molecule has 0 spiro atoms. The van der Waals surface area contributed by atoms with Gasteiger partial charge in [0.25, 0.3) is 5.70 Å². The molecule has 10 heteroatoms. The zero-order valence-corrected chi connectivity index (χ0v) is 19.8. The number of nitrogens with two attached hydrogens (primary N) is 1. The minimum absolute atomic E-state index is 0.0464. The fraction of sp³-hybridized carbons (Fsp3) is 0.524. The lowest BCUT2D eigenvalue weighted by molar-refractivity contribution is -0.429. The highest BCUT2D eigenvalue weighted by Gasteiger charge is 2.22. The lowest BCUT2D eigenvalue weighted by Gasteiger charge is -2.18. The maximum absolute atomic E-state index is 11.6. The van der Waals surface area contributed by atoms with Gasteiger partial charge >= 0.3 is 0 Å². The Balaban J connectivity index is 1.88. The third-order valence-corrected chi connectivity index (χ3v) is 5.42. The Morgan fingerprint density at radius 1 is 0.968 bits per heavy atom. The van der Waals surface area contributed by atoms with Crippen LogP contribution in [0.4, 0.5) is 0 Å². The van der Waals surface area contributed by atoms with Gasteiger partial charge in [0, 0.05) is 19.3 Å². The number of rotatable bonds is 13. The van der Waals surface area contributed by atoms with E-state index in [9.17, 15) is 10.1 Å². The zero-order valence-electron chi connectivity index (χ0n) is 19.0. The molecular formula is C21H33N5O4S. The average Bonchev–Trinajstić information content (AvgIpc) is 3.30. The molecule has 0 saturated carbocycles. The standard InChI is InChI=1S/C21H33N5O4S/c1-23(2)13-17-7-6-16(29-17)12-20(26(27)28)21(22)25(5)10-11-31-15-19-9-8-18(30-19)14-24(3)4/h6-9H,10-15,22H2,1-5H3/b21-20-. The van der Waals surface area contributed by atoms with Crippen molar-refractivity contribution in [2.24, 2.45) is 5.73 Å². The van der Waals surface area contributed by atoms with Crippen LogP contribution >= 0.6 is 11.8 Å². The second-order valence-corrected chi connectivity index (χ2v) is 9.06. The van der Waals surface area contributed by atoms with Gasteiger partial charge < -0.3 is 29.3 Å². The van der Waals surface area contributed by atoms with E-state index in [4.69, 9.17) is 14.6 Å². The number of thioether (sulfide) groups is 1. The highest BCUT2D eigenvalue weighted by molar-refractivity contribution is 7.98. The van der Waals surface area contributed by atoms with Crippen LogP contribution < -0.4 is 5.73 Å². The Kier molecular flexibility index (Phi) is 9.47. The number of nitrogens with zero attached hydrogens (tertiary/aromatic N) is 4. The van der Waals surface area contributed by atoms with E-state index in [2.05, 4.69) is 4.90 Å². The molecule has 2 heterocycles. The third-order valence-electron chi connectivity index (χ3n) is 4.46. The van der Waals surface area contributed by atoms with E-state index in [-0.39, 0.29) is 17.9 Å². The van der Waals surface area contributed by atoms with Crippen molar-refractivity contribution in [2.45, 2.75) is 25.3 Å². The molecule has 0 aliphatic heterocycles. The first-order valence-corrected chi connectivity index (χ1v) is 11.2. The first-order chi connectivity index (χ1) is 14.7. The third kappa shape index (κ3) is 8.31. The van der Waals surface area contributed by atoms with Crippen molar-refractivity contribution in [3.8, 4) is 0 Å². The molecule has 2 aromatic rings. The van der Waals surface area contributed by atoms with Crippen LogP contribution in [0.1, 0.15) is 23.0 Å². The molecule has 0 atom stereocenters. The predicted octanol–water partition coefficient (Wildman–Crippen LogP) is 2.81. The van der Waals surface area contributed by atoms with Gasteiger partial charge in [-0.2, -0.15) is 11.8 Å². The Morgan fingerprint density at radius 2 is 1.48 bits per heavy atom. The summed E-state index contributed by atoms with van der Waals surface area (Å²) in [5.74, 6) is 4.81. The molecule has 0 amide bonds. The molecule has 0 saturated heterocycles. The number of hydrogen-bond donors (Lipinski definition) is 1. The molecule has 0 aliphatic rings. The minimum Gasteiger partial charge on any atom is -0.464 e. The molecule has 172 valence electrons. The van der Waals surface area contributed by atoms with Crippen LogP contribution in [-0.4, -0.2) is 67.2 Å². The maximum Gasteiger partial charge on any atom is 0.293 e. The van der Waals surface area contributed by atoms with Crippen LogP contribution in [0.3, 0.4) is 0 Å². The number of hydrogen-bond acceptors (Lipinski definition) is 9. The van der Waals surface area contributed by atoms with Crippen molar-refractivity contribution in [1.82, 2.24) is 14.7 Å². The topological polar surface area (TPSA) is 105 Å². The van der Waals surface area contributed by atoms with Crippen LogP contribution in [0, 0.1) is 10.1 Å². The van der Waals surface area contributed by atoms with Gasteiger partial charge in [-0.05, 0) is 52.5 Å². The zero-order chi connectivity index (χ0) is 23.0. The summed E-state index contributed by atoms with van der Waals surface area (Å²) in [4.78, 5) is 16.9. The lowest BCUT2D eigenvalue weighted by atomic mass is 10.2. The highest BCUT2D eigenvalue weighted by Crippen LogP contribution is 2.19. The molecule has 2 N–H and O–H groups in total. The number of furan rings is 2. The van der Waals surface area contributed by atoms with Gasteiger partial charge in [-0.25, -0.2) is 0 Å². The van der Waals surface area contributed by atoms with Crippen molar-refractivity contribution >= 4 is 11.8 Å². The van der Waals surface area contributed by atoms with Gasteiger partial charge in [0.15, 0.2) is 5.82 Å². The second-order valence-electron chi connectivity index (χ2n) is 7.95. The number of allylic oxidation sites excluding steroid dienone is 1. The average molecular weight is 452 g/mol. The fourth-order valence-electron chi connectivity index (χ4n) is 2.94. The van der Waals surface area contributed by atoms with E-state index >= 15 is 0 Å². The van der Waals surface area contributed by atoms with Crippen LogP contribution in [0.2, 0.25) is 0 Å². The van der Waals surface area contributed by atoms with Crippen LogP contribution in [0.15, 0.2) is 44.6 Å². The molecular weight excluding hydrogens is 418 g/mol. The summed E-state index contributed by atoms with van der Waals surface area (Å²) < 4.78 is 11.5. The molecule has 0 bridgehead atoms. The Labute approximate surface area is 188 Å². The molecule has 0 unspecified atom stereocenters. The lowest BCUT2D eigenvalue weighted by Crippen LogP contribution is -2.29. The molecule has 0 fully saturated rings. The van der Waals surface area contributed by atoms with Gasteiger partial charge in [0.2, 0.25) is 0 Å². The minimum atomic E-state index is -0.428. The normalized spacial score (nSPS) is 12.5. The molecule has 0 aromatic carbocycles. The maximum atomic E-state index is 11.6. The molecule has 2 rings (SSSR count). The van der Waals surface area contributed by atoms with Crippen LogP contribution in [-0.2, 0) is 25.3 Å². The largest absolute Gasteiger partial charge is 0.464 e. The smallest absolute Gasteiger partial charge is 0.293 e. The van der Waals surface area contributed by atoms with Gasteiger partial charge in [0.05, 0.1) is 23.8 Å². The summed E-state index contributed by atoms with van der Waals surface area (Å²) in [7, 11) is 9.63. The first kappa shape index (κ1) is 24.8. The van der Waals surface area contributed by atoms with E-state index in [0.717, 1.165) is 35.3 Å².